The first-order valence-corrected chi connectivity index (χ1v) is 4.14. The maximum absolute atomic E-state index is 10.3. The zero-order valence-electron chi connectivity index (χ0n) is 7.53. The van der Waals surface area contributed by atoms with Crippen LogP contribution in [0.15, 0.2) is 0 Å². The third-order valence-corrected chi connectivity index (χ3v) is 2.20. The van der Waals surface area contributed by atoms with Gasteiger partial charge >= 0.3 is 39.9 Å². The SMILES string of the molecule is CCN(CC)S(=O)(=O)O.[H-].[Na+]. The molecule has 0 saturated heterocycles. The molecule has 0 atom stereocenters. The molecule has 0 saturated carbocycles. The van der Waals surface area contributed by atoms with Crippen molar-refractivity contribution >= 4 is 10.3 Å². The molecular formula is C4H12NNaO3S. The van der Waals surface area contributed by atoms with Crippen LogP contribution in [0.4, 0.5) is 0 Å². The molecule has 0 amide bonds. The fourth-order valence-corrected chi connectivity index (χ4v) is 1.20. The minimum absolute atomic E-state index is 0. The van der Waals surface area contributed by atoms with Crippen LogP contribution >= 0.6 is 0 Å². The van der Waals surface area contributed by atoms with Crippen LogP contribution in [0.3, 0.4) is 0 Å². The van der Waals surface area contributed by atoms with Gasteiger partial charge in [-0.25, -0.2) is 0 Å². The number of rotatable bonds is 3. The van der Waals surface area contributed by atoms with Crippen LogP contribution in [0.25, 0.3) is 0 Å². The zero-order valence-corrected chi connectivity index (χ0v) is 9.35. The summed E-state index contributed by atoms with van der Waals surface area (Å²) >= 11 is 0. The van der Waals surface area contributed by atoms with Gasteiger partial charge < -0.3 is 1.43 Å². The molecule has 0 bridgehead atoms. The summed E-state index contributed by atoms with van der Waals surface area (Å²) in [4.78, 5) is 0. The summed E-state index contributed by atoms with van der Waals surface area (Å²) in [7, 11) is -3.93. The van der Waals surface area contributed by atoms with Crippen molar-refractivity contribution in [2.75, 3.05) is 13.1 Å². The van der Waals surface area contributed by atoms with Crippen molar-refractivity contribution in [2.24, 2.45) is 0 Å². The number of hydrogen-bond acceptors (Lipinski definition) is 2. The Bertz CT molecular complexity index is 168. The van der Waals surface area contributed by atoms with Crippen LogP contribution in [0.5, 0.6) is 0 Å². The van der Waals surface area contributed by atoms with Gasteiger partial charge in [-0.3, -0.25) is 4.55 Å². The molecule has 0 aliphatic heterocycles. The molecule has 0 aromatic carbocycles. The number of nitrogens with zero attached hydrogens (tertiary/aromatic N) is 1. The van der Waals surface area contributed by atoms with E-state index in [1.54, 1.807) is 13.8 Å². The van der Waals surface area contributed by atoms with Crippen LogP contribution in [0, 0.1) is 0 Å². The second kappa shape index (κ2) is 5.51. The first-order valence-electron chi connectivity index (χ1n) is 2.75. The fraction of sp³-hybridized carbons (Fsp3) is 1.00. The minimum Gasteiger partial charge on any atom is -1.00 e. The Hall–Kier alpha value is 0.870. The Morgan fingerprint density at radius 1 is 1.40 bits per heavy atom. The Balaban J connectivity index is -0.000000320. The van der Waals surface area contributed by atoms with E-state index < -0.39 is 10.3 Å². The van der Waals surface area contributed by atoms with Crippen molar-refractivity contribution in [1.29, 1.82) is 0 Å². The first-order chi connectivity index (χ1) is 4.02. The molecule has 6 heteroatoms. The van der Waals surface area contributed by atoms with Crippen LogP contribution < -0.4 is 29.6 Å². The third kappa shape index (κ3) is 4.65. The molecule has 0 aliphatic carbocycles. The van der Waals surface area contributed by atoms with Crippen LogP contribution in [-0.2, 0) is 10.3 Å². The molecule has 0 aromatic heterocycles. The Labute approximate surface area is 85.3 Å². The summed E-state index contributed by atoms with van der Waals surface area (Å²) in [6.07, 6.45) is 0. The Morgan fingerprint density at radius 2 is 1.70 bits per heavy atom. The molecule has 58 valence electrons. The molecule has 0 heterocycles. The van der Waals surface area contributed by atoms with Crippen LogP contribution in [0.1, 0.15) is 15.3 Å². The summed E-state index contributed by atoms with van der Waals surface area (Å²) in [6, 6.07) is 0. The predicted octanol–water partition coefficient (Wildman–Crippen LogP) is -2.75. The predicted molar refractivity (Wildman–Crippen MR) is 35.6 cm³/mol. The quantitative estimate of drug-likeness (QED) is 0.375. The van der Waals surface area contributed by atoms with Crippen molar-refractivity contribution in [2.45, 2.75) is 13.8 Å². The van der Waals surface area contributed by atoms with Gasteiger partial charge in [-0.1, -0.05) is 13.8 Å². The van der Waals surface area contributed by atoms with Gasteiger partial charge in [-0.15, -0.1) is 0 Å². The van der Waals surface area contributed by atoms with Gasteiger partial charge in [0.05, 0.1) is 0 Å². The minimum atomic E-state index is -3.93. The van der Waals surface area contributed by atoms with Gasteiger partial charge in [0, 0.05) is 13.1 Å². The summed E-state index contributed by atoms with van der Waals surface area (Å²) in [5.74, 6) is 0. The Morgan fingerprint density at radius 3 is 1.70 bits per heavy atom. The Kier molecular flexibility index (Phi) is 7.42. The standard InChI is InChI=1S/C4H11NO3S.Na.H/c1-3-5(4-2)9(6,7)8;;/h3-4H2,1-2H3,(H,6,7,8);;/q;+1;-1. The third-order valence-electron chi connectivity index (χ3n) is 1.03. The summed E-state index contributed by atoms with van der Waals surface area (Å²) in [5.41, 5.74) is 0. The smallest absolute Gasteiger partial charge is 1.00 e. The van der Waals surface area contributed by atoms with E-state index in [9.17, 15) is 8.42 Å². The first kappa shape index (κ1) is 13.5. The van der Waals surface area contributed by atoms with E-state index in [2.05, 4.69) is 0 Å². The van der Waals surface area contributed by atoms with E-state index in [1.165, 1.54) is 0 Å². The van der Waals surface area contributed by atoms with E-state index >= 15 is 0 Å². The van der Waals surface area contributed by atoms with Gasteiger partial charge in [-0.2, -0.15) is 12.7 Å². The monoisotopic (exact) mass is 177 g/mol. The average molecular weight is 177 g/mol. The van der Waals surface area contributed by atoms with Gasteiger partial charge in [-0.05, 0) is 0 Å². The van der Waals surface area contributed by atoms with E-state index in [0.717, 1.165) is 4.31 Å². The molecule has 10 heavy (non-hydrogen) atoms. The molecule has 0 unspecified atom stereocenters. The normalized spacial score (nSPS) is 11.2. The molecule has 0 fully saturated rings. The summed E-state index contributed by atoms with van der Waals surface area (Å²) in [5, 5.41) is 0. The van der Waals surface area contributed by atoms with Gasteiger partial charge in [0.2, 0.25) is 0 Å². The van der Waals surface area contributed by atoms with Gasteiger partial charge in [0.1, 0.15) is 0 Å². The second-order valence-electron chi connectivity index (χ2n) is 1.56. The van der Waals surface area contributed by atoms with Crippen molar-refractivity contribution < 1.29 is 44.0 Å². The zero-order chi connectivity index (χ0) is 7.49. The average Bonchev–Trinajstić information content (AvgIpc) is 1.65. The molecule has 0 spiro atoms. The second-order valence-corrected chi connectivity index (χ2v) is 2.97. The van der Waals surface area contributed by atoms with E-state index in [-0.39, 0.29) is 31.0 Å². The fourth-order valence-electron chi connectivity index (χ4n) is 0.550. The molecular weight excluding hydrogens is 165 g/mol. The molecule has 0 aromatic rings. The molecule has 1 N–H and O–H groups in total. The van der Waals surface area contributed by atoms with Crippen molar-refractivity contribution in [3.05, 3.63) is 0 Å². The van der Waals surface area contributed by atoms with Crippen LogP contribution in [0.2, 0.25) is 0 Å². The van der Waals surface area contributed by atoms with E-state index in [1.807, 2.05) is 0 Å². The number of hydrogen-bond donors (Lipinski definition) is 1. The van der Waals surface area contributed by atoms with Crippen molar-refractivity contribution in [1.82, 2.24) is 4.31 Å². The molecule has 0 aliphatic rings. The maximum Gasteiger partial charge on any atom is 1.00 e. The van der Waals surface area contributed by atoms with Crippen molar-refractivity contribution in [3.63, 3.8) is 0 Å². The van der Waals surface area contributed by atoms with Gasteiger partial charge in [0.15, 0.2) is 0 Å². The molecule has 0 radical (unpaired) electrons. The van der Waals surface area contributed by atoms with E-state index in [0.29, 0.717) is 13.1 Å². The molecule has 4 nitrogen and oxygen atoms in total. The molecule has 0 rings (SSSR count). The van der Waals surface area contributed by atoms with Crippen LogP contribution in [-0.4, -0.2) is 30.4 Å². The largest absolute Gasteiger partial charge is 1.00 e. The van der Waals surface area contributed by atoms with Crippen molar-refractivity contribution in [3.8, 4) is 0 Å². The summed E-state index contributed by atoms with van der Waals surface area (Å²) < 4.78 is 29.9. The topological polar surface area (TPSA) is 57.6 Å². The van der Waals surface area contributed by atoms with Gasteiger partial charge in [0.25, 0.3) is 0 Å². The van der Waals surface area contributed by atoms with E-state index in [4.69, 9.17) is 4.55 Å². The maximum atomic E-state index is 10.3. The summed E-state index contributed by atoms with van der Waals surface area (Å²) in [6.45, 7) is 3.96.